The quantitative estimate of drug-likeness (QED) is 0.0974. The molecule has 3 aliphatic carbocycles. The molecule has 16 heteroatoms. The first kappa shape index (κ1) is 34.9. The number of ketones is 1. The zero-order valence-corrected chi connectivity index (χ0v) is 27.0. The Kier molecular flexibility index (Phi) is 8.60. The first-order valence-corrected chi connectivity index (χ1v) is 15.9. The van der Waals surface area contributed by atoms with E-state index >= 15 is 0 Å². The summed E-state index contributed by atoms with van der Waals surface area (Å²) >= 11 is 0. The number of carbonyl (C=O) groups is 4. The maximum atomic E-state index is 14.7. The maximum absolute atomic E-state index is 14.7. The molecule has 1 spiro atoms. The van der Waals surface area contributed by atoms with Gasteiger partial charge in [-0.05, 0) is 38.2 Å². The molecular formula is C32H42O16. The molecule has 0 radical (unpaired) electrons. The molecule has 2 saturated carbocycles. The summed E-state index contributed by atoms with van der Waals surface area (Å²) in [6.07, 6.45) is -12.4. The predicted octanol–water partition coefficient (Wildman–Crippen LogP) is -2.37. The number of aliphatic hydroxyl groups excluding tert-OH is 6. The molecule has 48 heavy (non-hydrogen) atoms. The number of hydrogen-bond acceptors (Lipinski definition) is 16. The van der Waals surface area contributed by atoms with E-state index in [9.17, 15) is 49.8 Å². The van der Waals surface area contributed by atoms with Crippen LogP contribution < -0.4 is 0 Å². The molecule has 16 atom stereocenters. The molecular weight excluding hydrogens is 640 g/mol. The Labute approximate surface area is 275 Å². The Morgan fingerprint density at radius 1 is 1.04 bits per heavy atom. The fraction of sp³-hybridized carbons (Fsp3) is 0.750. The van der Waals surface area contributed by atoms with Gasteiger partial charge in [0.05, 0.1) is 32.3 Å². The van der Waals surface area contributed by atoms with E-state index in [0.717, 1.165) is 13.2 Å². The Bertz CT molecular complexity index is 1440. The van der Waals surface area contributed by atoms with Crippen molar-refractivity contribution in [2.24, 2.45) is 34.5 Å². The molecule has 6 N–H and O–H groups in total. The lowest BCUT2D eigenvalue weighted by molar-refractivity contribution is -0.297. The number of methoxy groups -OCH3 is 1. The van der Waals surface area contributed by atoms with Crippen molar-refractivity contribution in [3.63, 3.8) is 0 Å². The molecule has 3 saturated heterocycles. The molecule has 5 fully saturated rings. The number of hydrogen-bond donors (Lipinski definition) is 6. The Hall–Kier alpha value is -2.96. The highest BCUT2D eigenvalue weighted by atomic mass is 16.7. The molecule has 266 valence electrons. The van der Waals surface area contributed by atoms with Gasteiger partial charge >= 0.3 is 17.9 Å². The topological polar surface area (TPSA) is 245 Å². The van der Waals surface area contributed by atoms with Gasteiger partial charge in [0.1, 0.15) is 36.6 Å². The van der Waals surface area contributed by atoms with Gasteiger partial charge in [-0.15, -0.1) is 0 Å². The van der Waals surface area contributed by atoms with E-state index < -0.39 is 132 Å². The lowest BCUT2D eigenvalue weighted by Crippen LogP contribution is -2.80. The smallest absolute Gasteiger partial charge is 0.348 e. The average molecular weight is 683 g/mol. The highest BCUT2D eigenvalue weighted by molar-refractivity contribution is 6.00. The van der Waals surface area contributed by atoms with Crippen LogP contribution in [0.5, 0.6) is 0 Å². The van der Waals surface area contributed by atoms with E-state index in [1.807, 2.05) is 0 Å². The molecule has 6 rings (SSSR count). The molecule has 3 aliphatic heterocycles. The molecule has 2 bridgehead atoms. The third-order valence-electron chi connectivity index (χ3n) is 11.6. The van der Waals surface area contributed by atoms with Crippen LogP contribution in [0.25, 0.3) is 0 Å². The van der Waals surface area contributed by atoms with Gasteiger partial charge < -0.3 is 59.1 Å². The summed E-state index contributed by atoms with van der Waals surface area (Å²) in [5.41, 5.74) is -5.02. The lowest BCUT2D eigenvalue weighted by atomic mass is 9.37. The van der Waals surface area contributed by atoms with Crippen LogP contribution >= 0.6 is 0 Å². The standard InChI is InChI=1S/C32H42O16/c1-11(2)6-17(34)48-22-24-31-10-44-32(24,29(42)43-5)26(40)21(38)23(31)30(4)13(8-16(31)47-27(22)41)12(3)7-14(25(30)39)45-28-20(37)19(36)18(35)15(9-33)46-28/h6-7,12-13,15-16,18-24,26,28,33,35-38,40H,8-10H2,1-5H3/t12-,13+,15-,16-,18-,19+,20-,21?,22-,23?,24-,26+,28-,30+,31-,32+/m1/s1. The molecule has 6 aliphatic rings. The van der Waals surface area contributed by atoms with Gasteiger partial charge in [-0.25, -0.2) is 14.4 Å². The second-order valence-corrected chi connectivity index (χ2v) is 14.2. The SMILES string of the molecule is COC(=O)[C@@]12OC[C@]34C(C(O)[C@@H]1O)[C@@]1(C)C(=O)C(O[C@@H]5O[C@H](CO)[C@@H](O)[C@H](O)[C@H]5O)=C[C@@H](C)[C@@H]1C[C@H]3OC(=O)[C@H](OC(=O)C=C(C)C)[C@@H]24. The number of aliphatic hydroxyl groups is 6. The fourth-order valence-corrected chi connectivity index (χ4v) is 9.60. The number of rotatable bonds is 6. The minimum atomic E-state index is -2.38. The molecule has 0 aromatic heterocycles. The first-order chi connectivity index (χ1) is 22.5. The number of carbonyl (C=O) groups excluding carboxylic acids is 4. The monoisotopic (exact) mass is 682 g/mol. The maximum Gasteiger partial charge on any atom is 0.348 e. The minimum Gasteiger partial charge on any atom is -0.467 e. The van der Waals surface area contributed by atoms with Crippen LogP contribution in [0.15, 0.2) is 23.5 Å². The highest BCUT2D eigenvalue weighted by Crippen LogP contribution is 2.72. The van der Waals surface area contributed by atoms with Crippen molar-refractivity contribution in [2.45, 2.75) is 94.8 Å². The molecule has 16 nitrogen and oxygen atoms in total. The van der Waals surface area contributed by atoms with Gasteiger partial charge in [0, 0.05) is 22.8 Å². The summed E-state index contributed by atoms with van der Waals surface area (Å²) in [5, 5.41) is 64.6. The van der Waals surface area contributed by atoms with E-state index in [2.05, 4.69) is 0 Å². The molecule has 2 unspecified atom stereocenters. The van der Waals surface area contributed by atoms with E-state index in [1.54, 1.807) is 27.7 Å². The first-order valence-electron chi connectivity index (χ1n) is 15.9. The zero-order valence-electron chi connectivity index (χ0n) is 27.0. The second-order valence-electron chi connectivity index (χ2n) is 14.2. The fourth-order valence-electron chi connectivity index (χ4n) is 9.60. The Morgan fingerprint density at radius 2 is 1.73 bits per heavy atom. The van der Waals surface area contributed by atoms with E-state index in [4.69, 9.17) is 28.4 Å². The normalized spacial score (nSPS) is 49.1. The van der Waals surface area contributed by atoms with Crippen molar-refractivity contribution in [1.29, 1.82) is 0 Å². The lowest BCUT2D eigenvalue weighted by Gasteiger charge is -2.67. The average Bonchev–Trinajstić information content (AvgIpc) is 3.34. The second kappa shape index (κ2) is 11.8. The van der Waals surface area contributed by atoms with E-state index in [0.29, 0.717) is 5.57 Å². The summed E-state index contributed by atoms with van der Waals surface area (Å²) in [5.74, 6) is -7.95. The van der Waals surface area contributed by atoms with Crippen molar-refractivity contribution < 1.29 is 78.2 Å². The number of Topliss-reactive ketones (excluding diaryl/α,β-unsaturated/α-hetero) is 1. The number of allylic oxidation sites excluding steroid dienone is 3. The molecule has 0 aromatic carbocycles. The van der Waals surface area contributed by atoms with Crippen LogP contribution in [0.1, 0.15) is 34.1 Å². The van der Waals surface area contributed by atoms with E-state index in [-0.39, 0.29) is 12.2 Å². The van der Waals surface area contributed by atoms with Crippen LogP contribution in [0.2, 0.25) is 0 Å². The van der Waals surface area contributed by atoms with Gasteiger partial charge in [0.2, 0.25) is 23.8 Å². The van der Waals surface area contributed by atoms with Crippen molar-refractivity contribution in [3.05, 3.63) is 23.5 Å². The molecule has 3 heterocycles. The van der Waals surface area contributed by atoms with Crippen LogP contribution in [0, 0.1) is 34.5 Å². The van der Waals surface area contributed by atoms with Gasteiger partial charge in [-0.3, -0.25) is 4.79 Å². The van der Waals surface area contributed by atoms with Crippen LogP contribution in [-0.2, 0) is 47.6 Å². The summed E-state index contributed by atoms with van der Waals surface area (Å²) in [6.45, 7) is 5.45. The van der Waals surface area contributed by atoms with Crippen molar-refractivity contribution in [1.82, 2.24) is 0 Å². The predicted molar refractivity (Wildman–Crippen MR) is 155 cm³/mol. The van der Waals surface area contributed by atoms with Crippen molar-refractivity contribution in [2.75, 3.05) is 20.3 Å². The Balaban J connectivity index is 1.46. The van der Waals surface area contributed by atoms with Gasteiger partial charge in [-0.1, -0.05) is 19.4 Å². The number of esters is 3. The third kappa shape index (κ3) is 4.50. The van der Waals surface area contributed by atoms with Gasteiger partial charge in [0.25, 0.3) is 0 Å². The van der Waals surface area contributed by atoms with Crippen molar-refractivity contribution in [3.8, 4) is 0 Å². The summed E-state index contributed by atoms with van der Waals surface area (Å²) in [7, 11) is 1.04. The van der Waals surface area contributed by atoms with Crippen LogP contribution in [-0.4, -0.2) is 135 Å². The van der Waals surface area contributed by atoms with Crippen molar-refractivity contribution >= 4 is 23.7 Å². The zero-order chi connectivity index (χ0) is 35.2. The number of ether oxygens (including phenoxy) is 6. The summed E-state index contributed by atoms with van der Waals surface area (Å²) in [6, 6.07) is 0. The van der Waals surface area contributed by atoms with Gasteiger partial charge in [0.15, 0.2) is 5.76 Å². The van der Waals surface area contributed by atoms with Crippen LogP contribution in [0.4, 0.5) is 0 Å². The molecule has 0 aromatic rings. The third-order valence-corrected chi connectivity index (χ3v) is 11.6. The van der Waals surface area contributed by atoms with Crippen LogP contribution in [0.3, 0.4) is 0 Å². The number of fused-ring (bicyclic) bond motifs is 2. The highest BCUT2D eigenvalue weighted by Gasteiger charge is 2.86. The van der Waals surface area contributed by atoms with E-state index in [1.165, 1.54) is 6.08 Å². The Morgan fingerprint density at radius 3 is 2.35 bits per heavy atom. The largest absolute Gasteiger partial charge is 0.467 e. The molecule has 0 amide bonds. The van der Waals surface area contributed by atoms with Gasteiger partial charge in [-0.2, -0.15) is 0 Å². The summed E-state index contributed by atoms with van der Waals surface area (Å²) in [4.78, 5) is 54.8. The summed E-state index contributed by atoms with van der Waals surface area (Å²) < 4.78 is 34.0. The minimum absolute atomic E-state index is 0.0457.